The number of unbranched alkanes of at least 4 members (excludes halogenated alkanes) is 5. The molecule has 4 nitrogen and oxygen atoms in total. The molecule has 0 radical (unpaired) electrons. The van der Waals surface area contributed by atoms with Crippen LogP contribution in [0.15, 0.2) is 0 Å². The summed E-state index contributed by atoms with van der Waals surface area (Å²) in [5, 5.41) is 8.45. The normalized spacial score (nSPS) is 10.8. The molecule has 0 saturated carbocycles. The lowest BCUT2D eigenvalue weighted by atomic mass is 10.0. The molecule has 0 unspecified atom stereocenters. The van der Waals surface area contributed by atoms with Gasteiger partial charge in [-0.15, -0.1) is 0 Å². The molecule has 0 spiro atoms. The van der Waals surface area contributed by atoms with Crippen molar-refractivity contribution in [2.24, 2.45) is 5.92 Å². The topological polar surface area (TPSA) is 63.6 Å². The molecule has 0 atom stereocenters. The molecule has 0 heterocycles. The summed E-state index contributed by atoms with van der Waals surface area (Å²) in [6, 6.07) is 0. The number of hydrogen-bond acceptors (Lipinski definition) is 3. The van der Waals surface area contributed by atoms with Crippen molar-refractivity contribution in [3.8, 4) is 0 Å². The average molecular weight is 286 g/mol. The summed E-state index contributed by atoms with van der Waals surface area (Å²) in [4.78, 5) is 21.6. The standard InChI is InChI=1S/C16H30O4/c1-14(2)10-6-4-3-5-9-13-20-16(19)12-8-7-11-15(17)18/h14H,3-13H2,1-2H3,(H,17,18). The molecule has 0 bridgehead atoms. The molecule has 0 aliphatic rings. The maximum absolute atomic E-state index is 11.3. The van der Waals surface area contributed by atoms with Crippen molar-refractivity contribution < 1.29 is 19.4 Å². The zero-order chi connectivity index (χ0) is 15.2. The minimum atomic E-state index is -0.809. The molecule has 1 N–H and O–H groups in total. The third-order valence-electron chi connectivity index (χ3n) is 3.21. The number of rotatable bonds is 13. The van der Waals surface area contributed by atoms with Crippen LogP contribution in [0, 0.1) is 5.92 Å². The van der Waals surface area contributed by atoms with Crippen LogP contribution in [0.2, 0.25) is 0 Å². The number of carbonyl (C=O) groups is 2. The Labute approximate surface area is 122 Å². The quantitative estimate of drug-likeness (QED) is 0.407. The number of carboxylic acid groups (broad SMARTS) is 1. The summed E-state index contributed by atoms with van der Waals surface area (Å²) in [5.74, 6) is -0.219. The van der Waals surface area contributed by atoms with Gasteiger partial charge in [0.2, 0.25) is 0 Å². The minimum absolute atomic E-state index is 0.129. The molecule has 118 valence electrons. The van der Waals surface area contributed by atoms with Crippen molar-refractivity contribution in [2.45, 2.75) is 78.1 Å². The van der Waals surface area contributed by atoms with E-state index in [0.717, 1.165) is 18.8 Å². The van der Waals surface area contributed by atoms with Gasteiger partial charge in [0, 0.05) is 12.8 Å². The Morgan fingerprint density at radius 3 is 2.15 bits per heavy atom. The minimum Gasteiger partial charge on any atom is -0.481 e. The molecule has 0 aromatic heterocycles. The number of carbonyl (C=O) groups excluding carboxylic acids is 1. The summed E-state index contributed by atoms with van der Waals surface area (Å²) < 4.78 is 5.11. The molecule has 0 aliphatic heterocycles. The SMILES string of the molecule is CC(C)CCCCCCCOC(=O)CCCCC(=O)O. The van der Waals surface area contributed by atoms with Gasteiger partial charge in [-0.05, 0) is 25.2 Å². The molecular weight excluding hydrogens is 256 g/mol. The number of hydrogen-bond donors (Lipinski definition) is 1. The summed E-state index contributed by atoms with van der Waals surface area (Å²) in [6.45, 7) is 4.99. The van der Waals surface area contributed by atoms with Crippen molar-refractivity contribution >= 4 is 11.9 Å². The summed E-state index contributed by atoms with van der Waals surface area (Å²) in [7, 11) is 0. The molecule has 0 aromatic carbocycles. The Bertz CT molecular complexity index is 261. The lowest BCUT2D eigenvalue weighted by Gasteiger charge is -2.06. The zero-order valence-electron chi connectivity index (χ0n) is 13.0. The van der Waals surface area contributed by atoms with Gasteiger partial charge >= 0.3 is 11.9 Å². The Morgan fingerprint density at radius 2 is 1.50 bits per heavy atom. The van der Waals surface area contributed by atoms with Gasteiger partial charge in [-0.1, -0.05) is 46.0 Å². The van der Waals surface area contributed by atoms with Crippen LogP contribution in [0.25, 0.3) is 0 Å². The third kappa shape index (κ3) is 15.0. The Morgan fingerprint density at radius 1 is 0.900 bits per heavy atom. The van der Waals surface area contributed by atoms with Crippen LogP contribution >= 0.6 is 0 Å². The number of ether oxygens (including phenoxy) is 1. The van der Waals surface area contributed by atoms with E-state index >= 15 is 0 Å². The lowest BCUT2D eigenvalue weighted by molar-refractivity contribution is -0.144. The summed E-state index contributed by atoms with van der Waals surface area (Å²) in [6.07, 6.45) is 8.72. The number of carboxylic acids is 1. The Kier molecular flexibility index (Phi) is 12.3. The van der Waals surface area contributed by atoms with Crippen molar-refractivity contribution in [3.05, 3.63) is 0 Å². The second-order valence-corrected chi connectivity index (χ2v) is 5.77. The molecule has 0 fully saturated rings. The van der Waals surface area contributed by atoms with Crippen LogP contribution in [0.3, 0.4) is 0 Å². The van der Waals surface area contributed by atoms with E-state index in [-0.39, 0.29) is 12.4 Å². The van der Waals surface area contributed by atoms with Gasteiger partial charge in [-0.2, -0.15) is 0 Å². The van der Waals surface area contributed by atoms with Gasteiger partial charge in [0.05, 0.1) is 6.61 Å². The maximum atomic E-state index is 11.3. The number of aliphatic carboxylic acids is 1. The van der Waals surface area contributed by atoms with E-state index in [9.17, 15) is 9.59 Å². The van der Waals surface area contributed by atoms with Crippen molar-refractivity contribution in [1.82, 2.24) is 0 Å². The predicted molar refractivity (Wildman–Crippen MR) is 79.6 cm³/mol. The molecule has 20 heavy (non-hydrogen) atoms. The first kappa shape index (κ1) is 18.9. The van der Waals surface area contributed by atoms with Crippen LogP contribution in [0.1, 0.15) is 78.1 Å². The molecule has 4 heteroatoms. The van der Waals surface area contributed by atoms with Crippen LogP contribution in [0.4, 0.5) is 0 Å². The summed E-state index contributed by atoms with van der Waals surface area (Å²) in [5.41, 5.74) is 0. The first-order valence-corrected chi connectivity index (χ1v) is 7.89. The first-order chi connectivity index (χ1) is 9.52. The molecule has 0 aliphatic carbocycles. The lowest BCUT2D eigenvalue weighted by Crippen LogP contribution is -2.06. The maximum Gasteiger partial charge on any atom is 0.305 e. The zero-order valence-corrected chi connectivity index (χ0v) is 13.0. The van der Waals surface area contributed by atoms with Crippen molar-refractivity contribution in [1.29, 1.82) is 0 Å². The van der Waals surface area contributed by atoms with Gasteiger partial charge < -0.3 is 9.84 Å². The monoisotopic (exact) mass is 286 g/mol. The van der Waals surface area contributed by atoms with Crippen molar-refractivity contribution in [3.63, 3.8) is 0 Å². The van der Waals surface area contributed by atoms with Gasteiger partial charge in [0.25, 0.3) is 0 Å². The highest BCUT2D eigenvalue weighted by Crippen LogP contribution is 2.10. The molecule has 0 saturated heterocycles. The summed E-state index contributed by atoms with van der Waals surface area (Å²) >= 11 is 0. The van der Waals surface area contributed by atoms with Gasteiger partial charge in [-0.25, -0.2) is 0 Å². The molecular formula is C16H30O4. The predicted octanol–water partition coefficient (Wildman–Crippen LogP) is 4.17. The van der Waals surface area contributed by atoms with E-state index < -0.39 is 5.97 Å². The molecule has 0 rings (SSSR count). The van der Waals surface area contributed by atoms with Gasteiger partial charge in [0.1, 0.15) is 0 Å². The highest BCUT2D eigenvalue weighted by Gasteiger charge is 2.04. The third-order valence-corrected chi connectivity index (χ3v) is 3.21. The molecule has 0 amide bonds. The van der Waals surface area contributed by atoms with Crippen LogP contribution in [0.5, 0.6) is 0 Å². The highest BCUT2D eigenvalue weighted by molar-refractivity contribution is 5.69. The molecule has 0 aromatic rings. The fourth-order valence-electron chi connectivity index (χ4n) is 1.99. The van der Waals surface area contributed by atoms with E-state index in [4.69, 9.17) is 9.84 Å². The smallest absolute Gasteiger partial charge is 0.305 e. The fourth-order valence-corrected chi connectivity index (χ4v) is 1.99. The van der Waals surface area contributed by atoms with E-state index in [1.165, 1.54) is 25.7 Å². The van der Waals surface area contributed by atoms with Crippen molar-refractivity contribution in [2.75, 3.05) is 6.61 Å². The largest absolute Gasteiger partial charge is 0.481 e. The second kappa shape index (κ2) is 12.9. The second-order valence-electron chi connectivity index (χ2n) is 5.77. The Hall–Kier alpha value is -1.06. The fraction of sp³-hybridized carbons (Fsp3) is 0.875. The van der Waals surface area contributed by atoms with Crippen LogP contribution in [-0.2, 0) is 14.3 Å². The van der Waals surface area contributed by atoms with Gasteiger partial charge in [-0.3, -0.25) is 9.59 Å². The Balaban J connectivity index is 3.21. The van der Waals surface area contributed by atoms with Crippen LogP contribution in [-0.4, -0.2) is 23.7 Å². The highest BCUT2D eigenvalue weighted by atomic mass is 16.5. The number of esters is 1. The first-order valence-electron chi connectivity index (χ1n) is 7.89. The average Bonchev–Trinajstić information content (AvgIpc) is 2.37. The van der Waals surface area contributed by atoms with E-state index in [0.29, 0.717) is 25.9 Å². The van der Waals surface area contributed by atoms with Gasteiger partial charge in [0.15, 0.2) is 0 Å². The van der Waals surface area contributed by atoms with E-state index in [1.54, 1.807) is 0 Å². The van der Waals surface area contributed by atoms with E-state index in [2.05, 4.69) is 13.8 Å². The van der Waals surface area contributed by atoms with Crippen LogP contribution < -0.4 is 0 Å². The van der Waals surface area contributed by atoms with E-state index in [1.807, 2.05) is 0 Å².